The molecule has 8 nitrogen and oxygen atoms in total. The molecule has 31 heavy (non-hydrogen) atoms. The van der Waals surface area contributed by atoms with E-state index in [2.05, 4.69) is 11.9 Å². The molecular weight excluding hydrogens is 418 g/mol. The van der Waals surface area contributed by atoms with Gasteiger partial charge in [0.15, 0.2) is 0 Å². The number of carbonyl (C=O) groups is 1. The third kappa shape index (κ3) is 4.96. The van der Waals surface area contributed by atoms with Crippen molar-refractivity contribution in [1.82, 2.24) is 0 Å². The number of anilines is 2. The van der Waals surface area contributed by atoms with Gasteiger partial charge in [-0.05, 0) is 42.5 Å². The van der Waals surface area contributed by atoms with Gasteiger partial charge in [0.2, 0.25) is 0 Å². The minimum atomic E-state index is -3.81. The molecule has 3 aromatic rings. The number of rotatable bonds is 8. The fourth-order valence-electron chi connectivity index (χ4n) is 2.86. The first-order valence-corrected chi connectivity index (χ1v) is 10.6. The standard InChI is InChI=1S/C22H19N3O5S/c1-2-15-24(31(29,30)21-9-4-3-5-10-21)19-13-11-17(12-14-19)22(26)23-18-7-6-8-20(16-18)25(27)28/h2-14,16H,1,15H2,(H,23,26). The molecule has 0 aliphatic rings. The van der Waals surface area contributed by atoms with Crippen LogP contribution in [0.15, 0.2) is 96.4 Å². The Kier molecular flexibility index (Phi) is 6.46. The van der Waals surface area contributed by atoms with Crippen LogP contribution in [0.2, 0.25) is 0 Å². The van der Waals surface area contributed by atoms with Crippen LogP contribution in [0.4, 0.5) is 17.1 Å². The summed E-state index contributed by atoms with van der Waals surface area (Å²) in [6.45, 7) is 3.68. The Morgan fingerprint density at radius 3 is 2.32 bits per heavy atom. The molecule has 0 saturated heterocycles. The number of amides is 1. The van der Waals surface area contributed by atoms with Crippen LogP contribution in [0.1, 0.15) is 10.4 Å². The van der Waals surface area contributed by atoms with Crippen molar-refractivity contribution in [2.75, 3.05) is 16.2 Å². The molecule has 0 unspecified atom stereocenters. The van der Waals surface area contributed by atoms with Crippen molar-refractivity contribution in [2.45, 2.75) is 4.90 Å². The lowest BCUT2D eigenvalue weighted by molar-refractivity contribution is -0.384. The number of nitro benzene ring substituents is 1. The normalized spacial score (nSPS) is 10.8. The molecule has 9 heteroatoms. The van der Waals surface area contributed by atoms with E-state index >= 15 is 0 Å². The lowest BCUT2D eigenvalue weighted by Gasteiger charge is -2.23. The molecule has 0 aromatic heterocycles. The highest BCUT2D eigenvalue weighted by molar-refractivity contribution is 7.92. The number of benzene rings is 3. The predicted molar refractivity (Wildman–Crippen MR) is 119 cm³/mol. The van der Waals surface area contributed by atoms with Gasteiger partial charge in [0.25, 0.3) is 21.6 Å². The van der Waals surface area contributed by atoms with Gasteiger partial charge in [0.1, 0.15) is 0 Å². The van der Waals surface area contributed by atoms with Gasteiger partial charge < -0.3 is 5.32 Å². The minimum Gasteiger partial charge on any atom is -0.322 e. The van der Waals surface area contributed by atoms with Gasteiger partial charge in [-0.15, -0.1) is 6.58 Å². The van der Waals surface area contributed by atoms with Gasteiger partial charge in [0.05, 0.1) is 22.1 Å². The molecule has 3 aromatic carbocycles. The summed E-state index contributed by atoms with van der Waals surface area (Å²) in [6.07, 6.45) is 1.48. The number of carbonyl (C=O) groups excluding carboxylic acids is 1. The van der Waals surface area contributed by atoms with Crippen LogP contribution in [0.3, 0.4) is 0 Å². The molecule has 0 fully saturated rings. The van der Waals surface area contributed by atoms with Crippen molar-refractivity contribution in [3.05, 3.63) is 107 Å². The molecule has 0 bridgehead atoms. The van der Waals surface area contributed by atoms with Crippen LogP contribution >= 0.6 is 0 Å². The average molecular weight is 437 g/mol. The zero-order valence-electron chi connectivity index (χ0n) is 16.3. The van der Waals surface area contributed by atoms with E-state index in [9.17, 15) is 23.3 Å². The Bertz CT molecular complexity index is 1210. The Balaban J connectivity index is 1.83. The summed E-state index contributed by atoms with van der Waals surface area (Å²) < 4.78 is 27.2. The molecule has 0 saturated carbocycles. The van der Waals surface area contributed by atoms with E-state index in [0.29, 0.717) is 5.69 Å². The number of nitro groups is 1. The van der Waals surface area contributed by atoms with Crippen LogP contribution < -0.4 is 9.62 Å². The first-order valence-electron chi connectivity index (χ1n) is 9.17. The number of hydrogen-bond acceptors (Lipinski definition) is 5. The van der Waals surface area contributed by atoms with Crippen molar-refractivity contribution in [3.63, 3.8) is 0 Å². The maximum Gasteiger partial charge on any atom is 0.271 e. The Morgan fingerprint density at radius 1 is 1.03 bits per heavy atom. The van der Waals surface area contributed by atoms with E-state index < -0.39 is 20.9 Å². The fraction of sp³-hybridized carbons (Fsp3) is 0.0455. The van der Waals surface area contributed by atoms with Gasteiger partial charge in [-0.3, -0.25) is 19.2 Å². The highest BCUT2D eigenvalue weighted by Crippen LogP contribution is 2.24. The molecule has 0 aliphatic carbocycles. The van der Waals surface area contributed by atoms with Crippen LogP contribution in [-0.4, -0.2) is 25.8 Å². The van der Waals surface area contributed by atoms with Gasteiger partial charge in [-0.1, -0.05) is 30.3 Å². The summed E-state index contributed by atoms with van der Waals surface area (Å²) in [4.78, 5) is 23.0. The molecule has 3 rings (SSSR count). The second-order valence-corrected chi connectivity index (χ2v) is 8.31. The first-order chi connectivity index (χ1) is 14.8. The van der Waals surface area contributed by atoms with Gasteiger partial charge in [-0.25, -0.2) is 8.42 Å². The van der Waals surface area contributed by atoms with Crippen LogP contribution in [-0.2, 0) is 10.0 Å². The summed E-state index contributed by atoms with van der Waals surface area (Å²) in [5, 5.41) is 13.5. The smallest absolute Gasteiger partial charge is 0.271 e. The minimum absolute atomic E-state index is 0.0520. The first kappa shape index (κ1) is 21.7. The topological polar surface area (TPSA) is 110 Å². The zero-order chi connectivity index (χ0) is 22.4. The van der Waals surface area contributed by atoms with E-state index in [-0.39, 0.29) is 28.4 Å². The average Bonchev–Trinajstić information content (AvgIpc) is 2.78. The zero-order valence-corrected chi connectivity index (χ0v) is 17.2. The lowest BCUT2D eigenvalue weighted by atomic mass is 10.2. The largest absolute Gasteiger partial charge is 0.322 e. The highest BCUT2D eigenvalue weighted by atomic mass is 32.2. The molecule has 158 valence electrons. The molecule has 0 radical (unpaired) electrons. The van der Waals surface area contributed by atoms with Crippen molar-refractivity contribution in [1.29, 1.82) is 0 Å². The summed E-state index contributed by atoms with van der Waals surface area (Å²) in [5.74, 6) is -0.478. The maximum atomic E-state index is 13.0. The lowest BCUT2D eigenvalue weighted by Crippen LogP contribution is -2.31. The Labute approximate surface area is 179 Å². The van der Waals surface area contributed by atoms with Gasteiger partial charge >= 0.3 is 0 Å². The van der Waals surface area contributed by atoms with Crippen molar-refractivity contribution >= 4 is 33.0 Å². The van der Waals surface area contributed by atoms with Crippen LogP contribution in [0.25, 0.3) is 0 Å². The quantitative estimate of drug-likeness (QED) is 0.322. The number of nitrogens with zero attached hydrogens (tertiary/aromatic N) is 2. The molecule has 1 N–H and O–H groups in total. The Morgan fingerprint density at radius 2 is 1.71 bits per heavy atom. The molecular formula is C22H19N3O5S. The molecule has 0 heterocycles. The highest BCUT2D eigenvalue weighted by Gasteiger charge is 2.24. The predicted octanol–water partition coefficient (Wildman–Crippen LogP) is 4.23. The third-order valence-electron chi connectivity index (χ3n) is 4.36. The van der Waals surface area contributed by atoms with Crippen molar-refractivity contribution in [2.24, 2.45) is 0 Å². The maximum absolute atomic E-state index is 13.0. The number of hydrogen-bond donors (Lipinski definition) is 1. The fourth-order valence-corrected chi connectivity index (χ4v) is 4.32. The SMILES string of the molecule is C=CCN(c1ccc(C(=O)Nc2cccc([N+](=O)[O-])c2)cc1)S(=O)(=O)c1ccccc1. The summed E-state index contributed by atoms with van der Waals surface area (Å²) >= 11 is 0. The summed E-state index contributed by atoms with van der Waals surface area (Å²) in [7, 11) is -3.81. The van der Waals surface area contributed by atoms with E-state index in [1.807, 2.05) is 0 Å². The third-order valence-corrected chi connectivity index (χ3v) is 6.17. The second-order valence-electron chi connectivity index (χ2n) is 6.45. The van der Waals surface area contributed by atoms with E-state index in [1.54, 1.807) is 18.2 Å². The second kappa shape index (κ2) is 9.23. The van der Waals surface area contributed by atoms with E-state index in [0.717, 1.165) is 0 Å². The van der Waals surface area contributed by atoms with Crippen molar-refractivity contribution in [3.8, 4) is 0 Å². The van der Waals surface area contributed by atoms with E-state index in [1.165, 1.54) is 71.0 Å². The number of nitrogens with one attached hydrogen (secondary N) is 1. The van der Waals surface area contributed by atoms with Crippen LogP contribution in [0, 0.1) is 10.1 Å². The molecule has 1 amide bonds. The monoisotopic (exact) mass is 437 g/mol. The Hall–Kier alpha value is -3.98. The van der Waals surface area contributed by atoms with Gasteiger partial charge in [0, 0.05) is 23.4 Å². The number of non-ortho nitro benzene ring substituents is 1. The van der Waals surface area contributed by atoms with E-state index in [4.69, 9.17) is 0 Å². The number of sulfonamides is 1. The molecule has 0 atom stereocenters. The molecule has 0 spiro atoms. The van der Waals surface area contributed by atoms with Crippen molar-refractivity contribution < 1.29 is 18.1 Å². The summed E-state index contributed by atoms with van der Waals surface area (Å²) in [5.41, 5.74) is 0.782. The van der Waals surface area contributed by atoms with Crippen LogP contribution in [0.5, 0.6) is 0 Å². The van der Waals surface area contributed by atoms with Gasteiger partial charge in [-0.2, -0.15) is 0 Å². The molecule has 0 aliphatic heterocycles. The summed E-state index contributed by atoms with van der Waals surface area (Å²) in [6, 6.07) is 19.6.